The molecule has 214 valence electrons. The number of hydrogen-bond acceptors (Lipinski definition) is 0. The molecule has 0 aromatic heterocycles. The van der Waals surface area contributed by atoms with E-state index in [1.165, 1.54) is 64.5 Å². The van der Waals surface area contributed by atoms with Gasteiger partial charge in [-0.1, -0.05) is 0 Å². The van der Waals surface area contributed by atoms with Crippen molar-refractivity contribution in [3.63, 3.8) is 0 Å². The summed E-state index contributed by atoms with van der Waals surface area (Å²) in [6.07, 6.45) is 4.85. The van der Waals surface area contributed by atoms with Gasteiger partial charge in [0.15, 0.2) is 0 Å². The van der Waals surface area contributed by atoms with Gasteiger partial charge < -0.3 is 0 Å². The predicted octanol–water partition coefficient (Wildman–Crippen LogP) is 11.7. The first-order valence-corrected chi connectivity index (χ1v) is 18.2. The third-order valence-electron chi connectivity index (χ3n) is 8.49. The molecule has 0 aliphatic heterocycles. The summed E-state index contributed by atoms with van der Waals surface area (Å²) >= 11 is -1.31. The molecule has 0 heterocycles. The number of hydrogen-bond donors (Lipinski definition) is 0. The maximum atomic E-state index is 2.46. The maximum absolute atomic E-state index is 2.46. The first-order chi connectivity index (χ1) is 22.3. The molecular formula is C44H34Zr. The van der Waals surface area contributed by atoms with Crippen LogP contribution in [0.2, 0.25) is 0 Å². The number of allylic oxidation sites excluding steroid dienone is 3. The van der Waals surface area contributed by atoms with Gasteiger partial charge in [-0.3, -0.25) is 0 Å². The number of benzene rings is 6. The molecule has 1 aliphatic carbocycles. The van der Waals surface area contributed by atoms with Crippen molar-refractivity contribution in [2.45, 2.75) is 10.5 Å². The molecule has 0 saturated heterocycles. The molecule has 1 heteroatoms. The van der Waals surface area contributed by atoms with Crippen molar-refractivity contribution in [3.8, 4) is 11.1 Å². The van der Waals surface area contributed by atoms with Gasteiger partial charge in [-0.15, -0.1) is 0 Å². The van der Waals surface area contributed by atoms with Gasteiger partial charge in [-0.05, 0) is 0 Å². The molecule has 0 radical (unpaired) electrons. The quantitative estimate of drug-likeness (QED) is 0.113. The molecule has 0 saturated carbocycles. The molecule has 6 aromatic rings. The molecule has 45 heavy (non-hydrogen) atoms. The van der Waals surface area contributed by atoms with E-state index in [2.05, 4.69) is 189 Å². The second kappa shape index (κ2) is 13.6. The van der Waals surface area contributed by atoms with Crippen LogP contribution in [0.4, 0.5) is 0 Å². The van der Waals surface area contributed by atoms with Crippen molar-refractivity contribution >= 4 is 26.6 Å². The summed E-state index contributed by atoms with van der Waals surface area (Å²) in [7, 11) is 0. The van der Waals surface area contributed by atoms with Gasteiger partial charge in [0.1, 0.15) is 0 Å². The van der Waals surface area contributed by atoms with Gasteiger partial charge in [-0.25, -0.2) is 0 Å². The van der Waals surface area contributed by atoms with E-state index in [0.717, 1.165) is 0 Å². The standard InChI is InChI=1S/C28H21.C16H13.Zr/c1-5-13-23(14-6-1)21-27(25-17-9-3-10-18-25)28(26-19-11-4-12-20-26)22-24-15-7-2-8-16-24;1-12-10-14-8-5-9-15(16(14)11-12)13-6-3-2-4-7-13;/h1-21H;2-11H,1H3;. The van der Waals surface area contributed by atoms with Crippen molar-refractivity contribution in [1.29, 1.82) is 0 Å². The van der Waals surface area contributed by atoms with Crippen LogP contribution in [0.5, 0.6) is 0 Å². The van der Waals surface area contributed by atoms with E-state index >= 15 is 0 Å². The summed E-state index contributed by atoms with van der Waals surface area (Å²) in [5.74, 6) is 0. The van der Waals surface area contributed by atoms with Crippen LogP contribution in [-0.2, 0) is 23.2 Å². The van der Waals surface area contributed by atoms with Gasteiger partial charge in [0.05, 0.1) is 0 Å². The number of rotatable bonds is 8. The van der Waals surface area contributed by atoms with E-state index < -0.39 is 23.2 Å². The fourth-order valence-electron chi connectivity index (χ4n) is 6.33. The predicted molar refractivity (Wildman–Crippen MR) is 189 cm³/mol. The molecule has 1 aliphatic rings. The monoisotopic (exact) mass is 652 g/mol. The van der Waals surface area contributed by atoms with Crippen LogP contribution in [-0.4, -0.2) is 0 Å². The summed E-state index contributed by atoms with van der Waals surface area (Å²) in [4.78, 5) is 0. The Kier molecular flexibility index (Phi) is 8.81. The molecule has 0 fully saturated rings. The van der Waals surface area contributed by atoms with Crippen LogP contribution < -0.4 is 0 Å². The van der Waals surface area contributed by atoms with E-state index in [4.69, 9.17) is 0 Å². The Morgan fingerprint density at radius 2 is 1.07 bits per heavy atom. The van der Waals surface area contributed by atoms with Crippen molar-refractivity contribution in [3.05, 3.63) is 209 Å². The van der Waals surface area contributed by atoms with Gasteiger partial charge in [-0.2, -0.15) is 0 Å². The topological polar surface area (TPSA) is 0 Å². The van der Waals surface area contributed by atoms with E-state index in [1.54, 1.807) is 0 Å². The molecule has 6 aromatic carbocycles. The van der Waals surface area contributed by atoms with E-state index in [-0.39, 0.29) is 0 Å². The normalized spacial score (nSPS) is 14.7. The molecule has 0 nitrogen and oxygen atoms in total. The average molecular weight is 654 g/mol. The van der Waals surface area contributed by atoms with Crippen LogP contribution in [0, 0.1) is 0 Å². The number of fused-ring (bicyclic) bond motifs is 1. The molecular weight excluding hydrogens is 620 g/mol. The van der Waals surface area contributed by atoms with Gasteiger partial charge in [0, 0.05) is 0 Å². The Labute approximate surface area is 278 Å². The van der Waals surface area contributed by atoms with E-state index in [0.29, 0.717) is 3.63 Å². The summed E-state index contributed by atoms with van der Waals surface area (Å²) in [6, 6.07) is 61.7. The third-order valence-corrected chi connectivity index (χ3v) is 13.1. The van der Waals surface area contributed by atoms with Crippen LogP contribution >= 0.6 is 0 Å². The minimum atomic E-state index is -1.31. The first kappa shape index (κ1) is 29.2. The second-order valence-corrected chi connectivity index (χ2v) is 14.8. The Bertz CT molecular complexity index is 1990. The van der Waals surface area contributed by atoms with Gasteiger partial charge in [0.25, 0.3) is 0 Å². The van der Waals surface area contributed by atoms with Gasteiger partial charge >= 0.3 is 280 Å². The molecule has 7 rings (SSSR count). The average Bonchev–Trinajstić information content (AvgIpc) is 3.44. The summed E-state index contributed by atoms with van der Waals surface area (Å²) < 4.78 is 1.96. The Morgan fingerprint density at radius 1 is 0.533 bits per heavy atom. The summed E-state index contributed by atoms with van der Waals surface area (Å²) in [6.45, 7) is 2.35. The van der Waals surface area contributed by atoms with Crippen molar-refractivity contribution < 1.29 is 23.2 Å². The SMILES string of the molecule is CC1=Cc2c(-c3ccccc3)cccc2[CH]1[Zr][C](=C(C(=Cc1ccccc1)c1ccccc1)c1ccccc1)c1ccccc1. The zero-order valence-corrected chi connectivity index (χ0v) is 27.9. The molecule has 0 N–H and O–H groups in total. The fourth-order valence-corrected chi connectivity index (χ4v) is 10.7. The third kappa shape index (κ3) is 6.33. The van der Waals surface area contributed by atoms with Gasteiger partial charge in [0.2, 0.25) is 0 Å². The zero-order valence-electron chi connectivity index (χ0n) is 25.4. The molecule has 1 unspecified atom stereocenters. The summed E-state index contributed by atoms with van der Waals surface area (Å²) in [5.41, 5.74) is 14.6. The zero-order chi connectivity index (χ0) is 30.4. The van der Waals surface area contributed by atoms with E-state index in [9.17, 15) is 0 Å². The van der Waals surface area contributed by atoms with Crippen molar-refractivity contribution in [1.82, 2.24) is 0 Å². The Balaban J connectivity index is 1.47. The molecule has 1 atom stereocenters. The molecule has 0 spiro atoms. The van der Waals surface area contributed by atoms with Crippen LogP contribution in [0.15, 0.2) is 175 Å². The fraction of sp³-hybridized carbons (Fsp3) is 0.0455. The second-order valence-electron chi connectivity index (χ2n) is 11.5. The van der Waals surface area contributed by atoms with Crippen molar-refractivity contribution in [2.24, 2.45) is 0 Å². The summed E-state index contributed by atoms with van der Waals surface area (Å²) in [5, 5.41) is 0. The van der Waals surface area contributed by atoms with Crippen molar-refractivity contribution in [2.75, 3.05) is 0 Å². The minimum absolute atomic E-state index is 0.440. The Hall–Kier alpha value is -4.58. The van der Waals surface area contributed by atoms with E-state index in [1.807, 2.05) is 0 Å². The Morgan fingerprint density at radius 3 is 1.69 bits per heavy atom. The first-order valence-electron chi connectivity index (χ1n) is 15.6. The van der Waals surface area contributed by atoms with Crippen LogP contribution in [0.3, 0.4) is 0 Å². The van der Waals surface area contributed by atoms with Crippen LogP contribution in [0.1, 0.15) is 43.9 Å². The van der Waals surface area contributed by atoms with Crippen LogP contribution in [0.25, 0.3) is 37.7 Å². The molecule has 0 bridgehead atoms. The molecule has 0 amide bonds.